The molecule has 19 heavy (non-hydrogen) atoms. The van der Waals surface area contributed by atoms with E-state index in [0.29, 0.717) is 24.4 Å². The highest BCUT2D eigenvalue weighted by molar-refractivity contribution is 7.07. The maximum absolute atomic E-state index is 11.7. The van der Waals surface area contributed by atoms with Crippen molar-refractivity contribution in [1.82, 2.24) is 0 Å². The molecule has 0 saturated heterocycles. The lowest BCUT2D eigenvalue weighted by Gasteiger charge is -2.11. The molecule has 1 aromatic carbocycles. The van der Waals surface area contributed by atoms with Crippen molar-refractivity contribution >= 4 is 28.7 Å². The fourth-order valence-electron chi connectivity index (χ4n) is 1.70. The summed E-state index contributed by atoms with van der Waals surface area (Å²) >= 11 is 1.65. The van der Waals surface area contributed by atoms with Gasteiger partial charge in [-0.25, -0.2) is 4.79 Å². The largest absolute Gasteiger partial charge is 0.462 e. The Hall–Kier alpha value is -2.01. The molecule has 0 aliphatic carbocycles. The fourth-order valence-corrected chi connectivity index (χ4v) is 2.37. The third-order valence-corrected chi connectivity index (χ3v) is 3.40. The maximum Gasteiger partial charge on any atom is 0.340 e. The molecular weight excluding hydrogens is 260 g/mol. The second-order valence-electron chi connectivity index (χ2n) is 3.97. The SMILES string of the molecule is CCOC(=O)c1cccc(NCc2ccsc2)c1N. The lowest BCUT2D eigenvalue weighted by molar-refractivity contribution is 0.0527. The lowest BCUT2D eigenvalue weighted by atomic mass is 10.1. The highest BCUT2D eigenvalue weighted by Gasteiger charge is 2.13. The summed E-state index contributed by atoms with van der Waals surface area (Å²) in [5, 5.41) is 7.32. The van der Waals surface area contributed by atoms with Gasteiger partial charge in [-0.2, -0.15) is 11.3 Å². The summed E-state index contributed by atoms with van der Waals surface area (Å²) in [5.41, 5.74) is 8.75. The van der Waals surface area contributed by atoms with Crippen LogP contribution in [0.4, 0.5) is 11.4 Å². The summed E-state index contributed by atoms with van der Waals surface area (Å²) in [7, 11) is 0. The Morgan fingerprint density at radius 1 is 1.42 bits per heavy atom. The minimum Gasteiger partial charge on any atom is -0.462 e. The monoisotopic (exact) mass is 276 g/mol. The highest BCUT2D eigenvalue weighted by Crippen LogP contribution is 2.24. The van der Waals surface area contributed by atoms with Gasteiger partial charge in [-0.15, -0.1) is 0 Å². The Bertz CT molecular complexity index is 553. The van der Waals surface area contributed by atoms with Crippen LogP contribution >= 0.6 is 11.3 Å². The van der Waals surface area contributed by atoms with Crippen LogP contribution in [-0.4, -0.2) is 12.6 Å². The van der Waals surface area contributed by atoms with Crippen LogP contribution in [0.1, 0.15) is 22.8 Å². The number of hydrogen-bond donors (Lipinski definition) is 2. The number of nitrogen functional groups attached to an aromatic ring is 1. The molecule has 1 heterocycles. The number of ether oxygens (including phenoxy) is 1. The molecular formula is C14H16N2O2S. The first kappa shape index (κ1) is 13.4. The van der Waals surface area contributed by atoms with E-state index in [-0.39, 0.29) is 5.97 Å². The van der Waals surface area contributed by atoms with Crippen molar-refractivity contribution in [2.75, 3.05) is 17.7 Å². The molecule has 100 valence electrons. The van der Waals surface area contributed by atoms with Crippen molar-refractivity contribution in [2.24, 2.45) is 0 Å². The van der Waals surface area contributed by atoms with Gasteiger partial charge < -0.3 is 15.8 Å². The van der Waals surface area contributed by atoms with E-state index in [1.807, 2.05) is 17.5 Å². The van der Waals surface area contributed by atoms with Gasteiger partial charge in [0.1, 0.15) is 0 Å². The molecule has 0 aliphatic rings. The molecule has 0 bridgehead atoms. The molecule has 2 aromatic rings. The van der Waals surface area contributed by atoms with Gasteiger partial charge in [-0.05, 0) is 41.4 Å². The summed E-state index contributed by atoms with van der Waals surface area (Å²) in [6.45, 7) is 2.79. The zero-order valence-corrected chi connectivity index (χ0v) is 11.5. The third-order valence-electron chi connectivity index (χ3n) is 2.66. The number of nitrogens with one attached hydrogen (secondary N) is 1. The number of thiophene rings is 1. The van der Waals surface area contributed by atoms with Crippen molar-refractivity contribution < 1.29 is 9.53 Å². The maximum atomic E-state index is 11.7. The molecule has 0 saturated carbocycles. The van der Waals surface area contributed by atoms with Crippen molar-refractivity contribution in [3.8, 4) is 0 Å². The van der Waals surface area contributed by atoms with E-state index in [2.05, 4.69) is 10.7 Å². The van der Waals surface area contributed by atoms with Crippen LogP contribution in [0.25, 0.3) is 0 Å². The van der Waals surface area contributed by atoms with Crippen LogP contribution in [0, 0.1) is 0 Å². The summed E-state index contributed by atoms with van der Waals surface area (Å²) in [5.74, 6) is -0.390. The van der Waals surface area contributed by atoms with Crippen LogP contribution in [0.5, 0.6) is 0 Å². The van der Waals surface area contributed by atoms with Gasteiger partial charge in [0.05, 0.1) is 23.5 Å². The van der Waals surface area contributed by atoms with Crippen molar-refractivity contribution in [1.29, 1.82) is 0 Å². The third kappa shape index (κ3) is 3.26. The Labute approximate surface area is 116 Å². The minimum absolute atomic E-state index is 0.338. The Morgan fingerprint density at radius 2 is 2.26 bits per heavy atom. The van der Waals surface area contributed by atoms with E-state index < -0.39 is 0 Å². The molecule has 0 spiro atoms. The molecule has 0 unspecified atom stereocenters. The molecule has 0 atom stereocenters. The van der Waals surface area contributed by atoms with Crippen LogP contribution in [0.3, 0.4) is 0 Å². The predicted molar refractivity (Wildman–Crippen MR) is 78.5 cm³/mol. The fraction of sp³-hybridized carbons (Fsp3) is 0.214. The van der Waals surface area contributed by atoms with E-state index in [4.69, 9.17) is 10.5 Å². The van der Waals surface area contributed by atoms with Gasteiger partial charge in [-0.1, -0.05) is 6.07 Å². The molecule has 0 amide bonds. The summed E-state index contributed by atoms with van der Waals surface area (Å²) in [4.78, 5) is 11.7. The number of benzene rings is 1. The molecule has 0 aliphatic heterocycles. The first-order chi connectivity index (χ1) is 9.22. The van der Waals surface area contributed by atoms with E-state index >= 15 is 0 Å². The highest BCUT2D eigenvalue weighted by atomic mass is 32.1. The second-order valence-corrected chi connectivity index (χ2v) is 4.75. The van der Waals surface area contributed by atoms with Gasteiger partial charge in [-0.3, -0.25) is 0 Å². The number of carbonyl (C=O) groups is 1. The smallest absolute Gasteiger partial charge is 0.340 e. The first-order valence-electron chi connectivity index (χ1n) is 6.03. The van der Waals surface area contributed by atoms with Gasteiger partial charge in [0.15, 0.2) is 0 Å². The van der Waals surface area contributed by atoms with Gasteiger partial charge in [0, 0.05) is 6.54 Å². The number of rotatable bonds is 5. The molecule has 2 rings (SSSR count). The van der Waals surface area contributed by atoms with E-state index in [0.717, 1.165) is 5.69 Å². The molecule has 4 nitrogen and oxygen atoms in total. The molecule has 1 aromatic heterocycles. The summed E-state index contributed by atoms with van der Waals surface area (Å²) in [6.07, 6.45) is 0. The summed E-state index contributed by atoms with van der Waals surface area (Å²) < 4.78 is 4.97. The normalized spacial score (nSPS) is 10.2. The molecule has 0 radical (unpaired) electrons. The number of anilines is 2. The van der Waals surface area contributed by atoms with E-state index in [1.165, 1.54) is 5.56 Å². The number of carbonyl (C=O) groups excluding carboxylic acids is 1. The van der Waals surface area contributed by atoms with Crippen LogP contribution in [-0.2, 0) is 11.3 Å². The van der Waals surface area contributed by atoms with Crippen molar-refractivity contribution in [3.63, 3.8) is 0 Å². The number of esters is 1. The van der Waals surface area contributed by atoms with Crippen molar-refractivity contribution in [3.05, 3.63) is 46.2 Å². The van der Waals surface area contributed by atoms with Gasteiger partial charge >= 0.3 is 5.97 Å². The lowest BCUT2D eigenvalue weighted by Crippen LogP contribution is -2.10. The summed E-state index contributed by atoms with van der Waals surface area (Å²) in [6, 6.07) is 7.36. The molecule has 5 heteroatoms. The van der Waals surface area contributed by atoms with Crippen LogP contribution in [0.2, 0.25) is 0 Å². The van der Waals surface area contributed by atoms with E-state index in [1.54, 1.807) is 30.4 Å². The van der Waals surface area contributed by atoms with Gasteiger partial charge in [0.2, 0.25) is 0 Å². The van der Waals surface area contributed by atoms with Crippen LogP contribution < -0.4 is 11.1 Å². The van der Waals surface area contributed by atoms with Gasteiger partial charge in [0.25, 0.3) is 0 Å². The molecule has 0 fully saturated rings. The molecule has 3 N–H and O–H groups in total. The number of para-hydroxylation sites is 1. The standard InChI is InChI=1S/C14H16N2O2S/c1-2-18-14(17)11-4-3-5-12(13(11)15)16-8-10-6-7-19-9-10/h3-7,9,16H,2,8,15H2,1H3. The average Bonchev–Trinajstić information content (AvgIpc) is 2.91. The Kier molecular flexibility index (Phi) is 4.41. The average molecular weight is 276 g/mol. The Morgan fingerprint density at radius 3 is 2.95 bits per heavy atom. The van der Waals surface area contributed by atoms with Crippen molar-refractivity contribution in [2.45, 2.75) is 13.5 Å². The Balaban J connectivity index is 2.13. The number of hydrogen-bond acceptors (Lipinski definition) is 5. The number of nitrogens with two attached hydrogens (primary N) is 1. The first-order valence-corrected chi connectivity index (χ1v) is 6.97. The van der Waals surface area contributed by atoms with E-state index in [9.17, 15) is 4.79 Å². The zero-order valence-electron chi connectivity index (χ0n) is 10.7. The predicted octanol–water partition coefficient (Wildman–Crippen LogP) is 3.12. The quantitative estimate of drug-likeness (QED) is 0.650. The topological polar surface area (TPSA) is 64.3 Å². The second kappa shape index (κ2) is 6.24. The zero-order chi connectivity index (χ0) is 13.7. The van der Waals surface area contributed by atoms with Crippen LogP contribution in [0.15, 0.2) is 35.0 Å². The minimum atomic E-state index is -0.390.